The minimum atomic E-state index is 0.118. The standard InChI is InChI=1S/C17H21N3O/c18-15-8-6-13(7-9-15)17(21)20-11-14-4-1-3-12-5-2-10-19-16(12)14/h1-5,10,13,15H,6-9,11,18H2,(H,20,21). The molecular formula is C17H21N3O. The third kappa shape index (κ3) is 3.22. The number of benzene rings is 1. The average Bonchev–Trinajstić information content (AvgIpc) is 2.53. The van der Waals surface area contributed by atoms with Gasteiger partial charge in [0.25, 0.3) is 0 Å². The van der Waals surface area contributed by atoms with Crippen molar-refractivity contribution in [3.8, 4) is 0 Å². The van der Waals surface area contributed by atoms with E-state index >= 15 is 0 Å². The summed E-state index contributed by atoms with van der Waals surface area (Å²) in [6.07, 6.45) is 5.50. The lowest BCUT2D eigenvalue weighted by molar-refractivity contribution is -0.126. The van der Waals surface area contributed by atoms with Gasteiger partial charge in [-0.2, -0.15) is 0 Å². The summed E-state index contributed by atoms with van der Waals surface area (Å²) in [5.74, 6) is 0.266. The lowest BCUT2D eigenvalue weighted by Crippen LogP contribution is -2.36. The van der Waals surface area contributed by atoms with Crippen LogP contribution in [0.25, 0.3) is 10.9 Å². The van der Waals surface area contributed by atoms with Gasteiger partial charge in [-0.05, 0) is 37.3 Å². The summed E-state index contributed by atoms with van der Waals surface area (Å²) in [6.45, 7) is 0.537. The predicted octanol–water partition coefficient (Wildman–Crippen LogP) is 2.37. The molecule has 1 fully saturated rings. The summed E-state index contributed by atoms with van der Waals surface area (Å²) >= 11 is 0. The van der Waals surface area contributed by atoms with Gasteiger partial charge in [-0.25, -0.2) is 0 Å². The Labute approximate surface area is 124 Å². The van der Waals surface area contributed by atoms with Crippen LogP contribution in [0.1, 0.15) is 31.2 Å². The molecule has 1 amide bonds. The van der Waals surface area contributed by atoms with Crippen molar-refractivity contribution in [2.75, 3.05) is 0 Å². The maximum Gasteiger partial charge on any atom is 0.223 e. The molecule has 1 aromatic heterocycles. The van der Waals surface area contributed by atoms with Crippen molar-refractivity contribution < 1.29 is 4.79 Å². The molecule has 1 aliphatic rings. The van der Waals surface area contributed by atoms with Crippen LogP contribution in [0, 0.1) is 5.92 Å². The molecule has 2 aromatic rings. The molecule has 110 valence electrons. The smallest absolute Gasteiger partial charge is 0.223 e. The number of para-hydroxylation sites is 1. The highest BCUT2D eigenvalue weighted by molar-refractivity contribution is 5.83. The zero-order chi connectivity index (χ0) is 14.7. The first-order valence-electron chi connectivity index (χ1n) is 7.60. The molecule has 4 nitrogen and oxygen atoms in total. The van der Waals surface area contributed by atoms with E-state index in [1.165, 1.54) is 0 Å². The van der Waals surface area contributed by atoms with E-state index in [-0.39, 0.29) is 17.9 Å². The highest BCUT2D eigenvalue weighted by Crippen LogP contribution is 2.23. The summed E-state index contributed by atoms with van der Waals surface area (Å²) in [4.78, 5) is 16.7. The second-order valence-electron chi connectivity index (χ2n) is 5.82. The zero-order valence-electron chi connectivity index (χ0n) is 12.1. The first-order chi connectivity index (χ1) is 10.2. The minimum absolute atomic E-state index is 0.118. The molecule has 1 saturated carbocycles. The monoisotopic (exact) mass is 283 g/mol. The van der Waals surface area contributed by atoms with Crippen LogP contribution < -0.4 is 11.1 Å². The van der Waals surface area contributed by atoms with Gasteiger partial charge in [-0.15, -0.1) is 0 Å². The molecule has 3 N–H and O–H groups in total. The summed E-state index contributed by atoms with van der Waals surface area (Å²) in [5, 5.41) is 4.16. The molecule has 1 aromatic carbocycles. The van der Waals surface area contributed by atoms with Gasteiger partial charge < -0.3 is 11.1 Å². The van der Waals surface area contributed by atoms with E-state index < -0.39 is 0 Å². The number of fused-ring (bicyclic) bond motifs is 1. The molecule has 0 spiro atoms. The van der Waals surface area contributed by atoms with Gasteiger partial charge in [0.05, 0.1) is 5.52 Å². The number of nitrogens with two attached hydrogens (primary N) is 1. The van der Waals surface area contributed by atoms with Crippen LogP contribution in [-0.4, -0.2) is 16.9 Å². The Hall–Kier alpha value is -1.94. The fourth-order valence-electron chi connectivity index (χ4n) is 3.02. The summed E-state index contributed by atoms with van der Waals surface area (Å²) in [7, 11) is 0. The second kappa shape index (κ2) is 6.22. The Morgan fingerprint density at radius 1 is 1.19 bits per heavy atom. The molecule has 21 heavy (non-hydrogen) atoms. The summed E-state index contributed by atoms with van der Waals surface area (Å²) in [5.41, 5.74) is 7.91. The quantitative estimate of drug-likeness (QED) is 0.908. The highest BCUT2D eigenvalue weighted by Gasteiger charge is 2.24. The van der Waals surface area contributed by atoms with Crippen molar-refractivity contribution in [3.63, 3.8) is 0 Å². The topological polar surface area (TPSA) is 68.0 Å². The molecule has 1 aliphatic carbocycles. The van der Waals surface area contributed by atoms with Crippen LogP contribution in [0.3, 0.4) is 0 Å². The van der Waals surface area contributed by atoms with E-state index in [9.17, 15) is 4.79 Å². The molecule has 0 bridgehead atoms. The lowest BCUT2D eigenvalue weighted by atomic mass is 9.86. The zero-order valence-corrected chi connectivity index (χ0v) is 12.1. The lowest BCUT2D eigenvalue weighted by Gasteiger charge is -2.25. The molecule has 0 atom stereocenters. The summed E-state index contributed by atoms with van der Waals surface area (Å²) in [6, 6.07) is 10.3. The largest absolute Gasteiger partial charge is 0.352 e. The first kappa shape index (κ1) is 14.0. The molecule has 0 unspecified atom stereocenters. The van der Waals surface area contributed by atoms with Crippen LogP contribution >= 0.6 is 0 Å². The Morgan fingerprint density at radius 3 is 2.76 bits per heavy atom. The SMILES string of the molecule is NC1CCC(C(=O)NCc2cccc3cccnc23)CC1. The molecule has 0 aliphatic heterocycles. The van der Waals surface area contributed by atoms with E-state index in [0.717, 1.165) is 42.1 Å². The van der Waals surface area contributed by atoms with Crippen LogP contribution in [0.5, 0.6) is 0 Å². The number of hydrogen-bond acceptors (Lipinski definition) is 3. The van der Waals surface area contributed by atoms with Gasteiger partial charge in [0, 0.05) is 30.1 Å². The fourth-order valence-corrected chi connectivity index (χ4v) is 3.02. The van der Waals surface area contributed by atoms with Crippen LogP contribution in [0.2, 0.25) is 0 Å². The fraction of sp³-hybridized carbons (Fsp3) is 0.412. The normalized spacial score (nSPS) is 22.1. The Balaban J connectivity index is 1.65. The van der Waals surface area contributed by atoms with Crippen molar-refractivity contribution in [1.82, 2.24) is 10.3 Å². The molecule has 0 saturated heterocycles. The maximum atomic E-state index is 12.2. The number of nitrogens with zero attached hydrogens (tertiary/aromatic N) is 1. The number of pyridine rings is 1. The Morgan fingerprint density at radius 2 is 1.95 bits per heavy atom. The number of amides is 1. The maximum absolute atomic E-state index is 12.2. The average molecular weight is 283 g/mol. The predicted molar refractivity (Wildman–Crippen MR) is 83.5 cm³/mol. The molecule has 4 heteroatoms. The van der Waals surface area contributed by atoms with Crippen molar-refractivity contribution in [3.05, 3.63) is 42.1 Å². The van der Waals surface area contributed by atoms with Crippen LogP contribution in [0.4, 0.5) is 0 Å². The number of nitrogens with one attached hydrogen (secondary N) is 1. The van der Waals surface area contributed by atoms with Gasteiger partial charge in [0.15, 0.2) is 0 Å². The number of aromatic nitrogens is 1. The Kier molecular flexibility index (Phi) is 4.15. The van der Waals surface area contributed by atoms with E-state index in [1.54, 1.807) is 6.20 Å². The number of carbonyl (C=O) groups is 1. The number of hydrogen-bond donors (Lipinski definition) is 2. The van der Waals surface area contributed by atoms with Gasteiger partial charge in [-0.3, -0.25) is 9.78 Å². The second-order valence-corrected chi connectivity index (χ2v) is 5.82. The minimum Gasteiger partial charge on any atom is -0.352 e. The number of rotatable bonds is 3. The summed E-state index contributed by atoms with van der Waals surface area (Å²) < 4.78 is 0. The molecule has 0 radical (unpaired) electrons. The van der Waals surface area contributed by atoms with Crippen LogP contribution in [-0.2, 0) is 11.3 Å². The third-order valence-corrected chi connectivity index (χ3v) is 4.31. The number of carbonyl (C=O) groups excluding carboxylic acids is 1. The van der Waals surface area contributed by atoms with Gasteiger partial charge >= 0.3 is 0 Å². The highest BCUT2D eigenvalue weighted by atomic mass is 16.1. The van der Waals surface area contributed by atoms with Crippen molar-refractivity contribution in [2.24, 2.45) is 11.7 Å². The van der Waals surface area contributed by atoms with Gasteiger partial charge in [0.1, 0.15) is 0 Å². The van der Waals surface area contributed by atoms with Gasteiger partial charge in [0.2, 0.25) is 5.91 Å². The molecule has 1 heterocycles. The van der Waals surface area contributed by atoms with Crippen molar-refractivity contribution >= 4 is 16.8 Å². The van der Waals surface area contributed by atoms with Crippen molar-refractivity contribution in [1.29, 1.82) is 0 Å². The van der Waals surface area contributed by atoms with Gasteiger partial charge in [-0.1, -0.05) is 24.3 Å². The Bertz CT molecular complexity index is 627. The molecule has 3 rings (SSSR count). The van der Waals surface area contributed by atoms with E-state index in [0.29, 0.717) is 6.54 Å². The first-order valence-corrected chi connectivity index (χ1v) is 7.60. The van der Waals surface area contributed by atoms with E-state index in [4.69, 9.17) is 5.73 Å². The van der Waals surface area contributed by atoms with E-state index in [1.807, 2.05) is 30.3 Å². The molecular weight excluding hydrogens is 262 g/mol. The van der Waals surface area contributed by atoms with Crippen LogP contribution in [0.15, 0.2) is 36.5 Å². The van der Waals surface area contributed by atoms with E-state index in [2.05, 4.69) is 10.3 Å². The third-order valence-electron chi connectivity index (χ3n) is 4.31. The van der Waals surface area contributed by atoms with Crippen molar-refractivity contribution in [2.45, 2.75) is 38.3 Å².